The molecular formula is C42H61N5O6Si2. The normalized spacial score (nSPS) is 19.1. The van der Waals surface area contributed by atoms with Crippen molar-refractivity contribution in [3.63, 3.8) is 0 Å². The van der Waals surface area contributed by atoms with E-state index in [1.165, 1.54) is 7.11 Å². The topological polar surface area (TPSA) is 121 Å². The predicted octanol–water partition coefficient (Wildman–Crippen LogP) is 9.27. The third kappa shape index (κ3) is 10.1. The van der Waals surface area contributed by atoms with E-state index in [1.807, 2.05) is 67.2 Å². The lowest BCUT2D eigenvalue weighted by atomic mass is 9.70. The van der Waals surface area contributed by atoms with Crippen LogP contribution in [0.25, 0.3) is 33.8 Å². The second-order valence-corrected chi connectivity index (χ2v) is 28.4. The Morgan fingerprint density at radius 3 is 2.16 bits per heavy atom. The maximum atomic E-state index is 12.6. The molecule has 0 bridgehead atoms. The van der Waals surface area contributed by atoms with Crippen LogP contribution in [0.4, 0.5) is 5.82 Å². The fourth-order valence-corrected chi connectivity index (χ4v) is 8.74. The number of pyridine rings is 1. The number of carboxylic acid groups (broad SMARTS) is 1. The molecular weight excluding hydrogens is 727 g/mol. The molecule has 1 N–H and O–H groups in total. The van der Waals surface area contributed by atoms with Crippen molar-refractivity contribution in [2.24, 2.45) is 5.92 Å². The molecule has 1 saturated carbocycles. The molecule has 0 aliphatic heterocycles. The number of carbonyl (C=O) groups is 1. The van der Waals surface area contributed by atoms with E-state index in [9.17, 15) is 9.90 Å². The van der Waals surface area contributed by atoms with Gasteiger partial charge in [-0.25, -0.2) is 9.78 Å². The Morgan fingerprint density at radius 2 is 1.64 bits per heavy atom. The van der Waals surface area contributed by atoms with Gasteiger partial charge in [-0.3, -0.25) is 4.98 Å². The number of aliphatic carboxylic acids is 1. The van der Waals surface area contributed by atoms with Gasteiger partial charge in [0.2, 0.25) is 0 Å². The van der Waals surface area contributed by atoms with E-state index in [0.717, 1.165) is 45.7 Å². The summed E-state index contributed by atoms with van der Waals surface area (Å²) in [6.45, 7) is 24.6. The first-order chi connectivity index (χ1) is 26.1. The van der Waals surface area contributed by atoms with Gasteiger partial charge in [0.05, 0.1) is 29.8 Å². The number of carboxylic acids is 1. The van der Waals surface area contributed by atoms with Crippen LogP contribution in [0.1, 0.15) is 50.3 Å². The molecule has 5 rings (SSSR count). The van der Waals surface area contributed by atoms with E-state index in [4.69, 9.17) is 34.0 Å². The Morgan fingerprint density at radius 1 is 0.982 bits per heavy atom. The zero-order chi connectivity index (χ0) is 40.0. The van der Waals surface area contributed by atoms with Gasteiger partial charge in [0.25, 0.3) is 0 Å². The molecule has 1 fully saturated rings. The van der Waals surface area contributed by atoms with Gasteiger partial charge in [0.1, 0.15) is 25.0 Å². The number of benzene rings is 1. The van der Waals surface area contributed by atoms with Crippen LogP contribution in [0.3, 0.4) is 0 Å². The minimum atomic E-state index is -1.36. The molecule has 4 aromatic rings. The Hall–Kier alpha value is -3.89. The van der Waals surface area contributed by atoms with E-state index in [0.29, 0.717) is 56.3 Å². The highest BCUT2D eigenvalue weighted by molar-refractivity contribution is 6.76. The number of methoxy groups -OCH3 is 1. The van der Waals surface area contributed by atoms with Crippen molar-refractivity contribution < 1.29 is 28.8 Å². The lowest BCUT2D eigenvalue weighted by Gasteiger charge is -2.41. The van der Waals surface area contributed by atoms with Gasteiger partial charge in [0, 0.05) is 65.3 Å². The largest absolute Gasteiger partial charge is 0.494 e. The summed E-state index contributed by atoms with van der Waals surface area (Å²) in [5.74, 6) is -0.151. The molecule has 0 spiro atoms. The molecule has 11 nitrogen and oxygen atoms in total. The van der Waals surface area contributed by atoms with Gasteiger partial charge in [-0.2, -0.15) is 9.61 Å². The van der Waals surface area contributed by atoms with E-state index in [-0.39, 0.29) is 25.3 Å². The van der Waals surface area contributed by atoms with Crippen LogP contribution in [-0.2, 0) is 23.7 Å². The smallest absolute Gasteiger partial charge is 0.336 e. The summed E-state index contributed by atoms with van der Waals surface area (Å²) in [5.41, 5.74) is 4.50. The predicted molar refractivity (Wildman–Crippen MR) is 226 cm³/mol. The molecule has 1 aliphatic carbocycles. The molecule has 298 valence electrons. The number of hydrogen-bond acceptors (Lipinski definition) is 9. The Bertz CT molecular complexity index is 1890. The first kappa shape index (κ1) is 42.3. The van der Waals surface area contributed by atoms with Gasteiger partial charge in [-0.1, -0.05) is 89.2 Å². The SMILES string of the molecule is C=C(OCC)c1c([C@H]2CC[C@@](OC)(C(=O)O)C(C)C2)nc2c(-c3ccc(-c4ccccc4)nc3)cnn2c1N(COCC[Si](C)(C)C)COCC[Si](C)(C)C. The third-order valence-electron chi connectivity index (χ3n) is 10.6. The number of ether oxygens (including phenoxy) is 4. The number of hydrogen-bond donors (Lipinski definition) is 1. The van der Waals surface area contributed by atoms with E-state index in [1.54, 1.807) is 0 Å². The highest BCUT2D eigenvalue weighted by Gasteiger charge is 2.49. The molecule has 3 aromatic heterocycles. The van der Waals surface area contributed by atoms with Crippen LogP contribution in [0.2, 0.25) is 51.4 Å². The quantitative estimate of drug-likeness (QED) is 0.0426. The van der Waals surface area contributed by atoms with Crippen molar-refractivity contribution in [3.8, 4) is 22.4 Å². The van der Waals surface area contributed by atoms with Crippen LogP contribution < -0.4 is 4.90 Å². The van der Waals surface area contributed by atoms with Crippen LogP contribution in [0.5, 0.6) is 0 Å². The number of anilines is 1. The van der Waals surface area contributed by atoms with Gasteiger partial charge in [-0.15, -0.1) is 0 Å². The summed E-state index contributed by atoms with van der Waals surface area (Å²) in [5, 5.41) is 15.3. The summed E-state index contributed by atoms with van der Waals surface area (Å²) in [7, 11) is -1.22. The second kappa shape index (κ2) is 17.9. The molecule has 0 radical (unpaired) electrons. The van der Waals surface area contributed by atoms with Gasteiger partial charge >= 0.3 is 5.97 Å². The molecule has 1 aliphatic rings. The number of fused-ring (bicyclic) bond motifs is 1. The van der Waals surface area contributed by atoms with E-state index in [2.05, 4.69) is 56.8 Å². The first-order valence-electron chi connectivity index (χ1n) is 19.5. The van der Waals surface area contributed by atoms with Crippen molar-refractivity contribution in [1.82, 2.24) is 19.6 Å². The molecule has 1 aromatic carbocycles. The van der Waals surface area contributed by atoms with Crippen molar-refractivity contribution in [2.75, 3.05) is 45.3 Å². The monoisotopic (exact) mass is 787 g/mol. The standard InChI is InChI=1S/C42H61N5O6Si2/c1-11-53-31(3)37-38(33-19-20-42(50-4,41(48)49)30(2)25-33)45-39-35(34-17-18-36(43-26-34)32-15-13-12-14-16-32)27-44-47(39)40(37)46(28-51-21-23-54(5,6)7)29-52-22-24-55(8,9)10/h12-18,26-27,30,33H,3,11,19-25,28-29H2,1-2,4-10H3,(H,48,49)/t30?,33-,42-/m0/s1. The fourth-order valence-electron chi connectivity index (χ4n) is 7.23. The zero-order valence-electron chi connectivity index (χ0n) is 34.4. The first-order valence-corrected chi connectivity index (χ1v) is 26.9. The maximum Gasteiger partial charge on any atom is 0.336 e. The molecule has 0 amide bonds. The third-order valence-corrected chi connectivity index (χ3v) is 14.0. The van der Waals surface area contributed by atoms with Crippen molar-refractivity contribution >= 4 is 39.3 Å². The Kier molecular flexibility index (Phi) is 13.8. The molecule has 1 unspecified atom stereocenters. The van der Waals surface area contributed by atoms with Crippen molar-refractivity contribution in [1.29, 1.82) is 0 Å². The van der Waals surface area contributed by atoms with Gasteiger partial charge in [-0.05, 0) is 50.3 Å². The van der Waals surface area contributed by atoms with Crippen LogP contribution in [0.15, 0.2) is 61.4 Å². The molecule has 3 atom stereocenters. The molecule has 13 heteroatoms. The highest BCUT2D eigenvalue weighted by Crippen LogP contribution is 2.47. The Balaban J connectivity index is 1.69. The summed E-state index contributed by atoms with van der Waals surface area (Å²) in [6, 6.07) is 16.2. The number of nitrogens with zero attached hydrogens (tertiary/aromatic N) is 5. The van der Waals surface area contributed by atoms with E-state index < -0.39 is 27.7 Å². The number of aromatic nitrogens is 4. The highest BCUT2D eigenvalue weighted by atomic mass is 28.3. The zero-order valence-corrected chi connectivity index (χ0v) is 36.4. The average molecular weight is 788 g/mol. The van der Waals surface area contributed by atoms with Crippen LogP contribution in [0, 0.1) is 5.92 Å². The van der Waals surface area contributed by atoms with Gasteiger partial charge < -0.3 is 29.0 Å². The van der Waals surface area contributed by atoms with Crippen molar-refractivity contribution in [3.05, 3.63) is 72.7 Å². The molecule has 55 heavy (non-hydrogen) atoms. The minimum absolute atomic E-state index is 0.114. The van der Waals surface area contributed by atoms with Crippen LogP contribution in [-0.4, -0.2) is 92.8 Å². The lowest BCUT2D eigenvalue weighted by molar-refractivity contribution is -0.174. The molecule has 3 heterocycles. The lowest BCUT2D eigenvalue weighted by Crippen LogP contribution is -2.49. The van der Waals surface area contributed by atoms with Crippen LogP contribution >= 0.6 is 0 Å². The maximum absolute atomic E-state index is 12.6. The number of rotatable bonds is 19. The summed E-state index contributed by atoms with van der Waals surface area (Å²) in [6.07, 6.45) is 5.14. The Labute approximate surface area is 329 Å². The van der Waals surface area contributed by atoms with Crippen molar-refractivity contribution in [2.45, 2.75) is 96.0 Å². The fraction of sp³-hybridized carbons (Fsp3) is 0.524. The minimum Gasteiger partial charge on any atom is -0.494 e. The van der Waals surface area contributed by atoms with E-state index >= 15 is 0 Å². The summed E-state index contributed by atoms with van der Waals surface area (Å²) in [4.78, 5) is 24.9. The summed E-state index contributed by atoms with van der Waals surface area (Å²) >= 11 is 0. The molecule has 0 saturated heterocycles. The second-order valence-electron chi connectivity index (χ2n) is 17.2. The van der Waals surface area contributed by atoms with Gasteiger partial charge in [0.15, 0.2) is 11.2 Å². The average Bonchev–Trinajstić information content (AvgIpc) is 3.57. The summed E-state index contributed by atoms with van der Waals surface area (Å²) < 4.78 is 26.7.